The zero-order valence-corrected chi connectivity index (χ0v) is 18.6. The van der Waals surface area contributed by atoms with Crippen molar-refractivity contribution >= 4 is 15.9 Å². The van der Waals surface area contributed by atoms with Gasteiger partial charge in [0.05, 0.1) is 29.0 Å². The third-order valence-corrected chi connectivity index (χ3v) is 5.95. The maximum absolute atomic E-state index is 12.9. The van der Waals surface area contributed by atoms with Gasteiger partial charge in [-0.15, -0.1) is 0 Å². The highest BCUT2D eigenvalue weighted by Gasteiger charge is 2.19. The van der Waals surface area contributed by atoms with Crippen LogP contribution in [0, 0.1) is 0 Å². The molecule has 0 spiro atoms. The van der Waals surface area contributed by atoms with E-state index in [2.05, 4.69) is 5.32 Å². The van der Waals surface area contributed by atoms with E-state index in [1.165, 1.54) is 25.3 Å². The molecule has 4 aromatic rings. The number of primary sulfonamides is 1. The quantitative estimate of drug-likeness (QED) is 0.438. The second kappa shape index (κ2) is 9.27. The van der Waals surface area contributed by atoms with Crippen molar-refractivity contribution < 1.29 is 17.9 Å². The summed E-state index contributed by atoms with van der Waals surface area (Å²) in [6.07, 6.45) is 1.86. The van der Waals surface area contributed by atoms with Crippen LogP contribution in [0.15, 0.2) is 90.0 Å². The SMILES string of the molecule is COc1ccc(S(N)(=O)=O)cc1C(=O)NCc1cn(-c2ccccc2)nc1-c1ccccc1. The molecule has 0 aliphatic carbocycles. The fraction of sp³-hybridized carbons (Fsp3) is 0.0833. The lowest BCUT2D eigenvalue weighted by atomic mass is 10.1. The van der Waals surface area contributed by atoms with Gasteiger partial charge in [0.2, 0.25) is 10.0 Å². The Kier molecular flexibility index (Phi) is 6.25. The van der Waals surface area contributed by atoms with E-state index >= 15 is 0 Å². The number of aromatic nitrogens is 2. The lowest BCUT2D eigenvalue weighted by molar-refractivity contribution is 0.0947. The number of nitrogens with one attached hydrogen (secondary N) is 1. The van der Waals surface area contributed by atoms with E-state index in [1.807, 2.05) is 66.9 Å². The van der Waals surface area contributed by atoms with Crippen LogP contribution >= 0.6 is 0 Å². The molecule has 0 radical (unpaired) electrons. The molecular weight excluding hydrogens is 440 g/mol. The summed E-state index contributed by atoms with van der Waals surface area (Å²) in [4.78, 5) is 12.8. The Balaban J connectivity index is 1.66. The van der Waals surface area contributed by atoms with Crippen LogP contribution in [0.3, 0.4) is 0 Å². The van der Waals surface area contributed by atoms with Crippen molar-refractivity contribution in [3.8, 4) is 22.7 Å². The van der Waals surface area contributed by atoms with Gasteiger partial charge in [-0.25, -0.2) is 18.2 Å². The number of carbonyl (C=O) groups excluding carboxylic acids is 1. The predicted molar refractivity (Wildman–Crippen MR) is 125 cm³/mol. The molecule has 1 aromatic heterocycles. The second-order valence-electron chi connectivity index (χ2n) is 7.24. The Morgan fingerprint density at radius 3 is 2.33 bits per heavy atom. The van der Waals surface area contributed by atoms with Crippen LogP contribution < -0.4 is 15.2 Å². The molecule has 0 unspecified atom stereocenters. The summed E-state index contributed by atoms with van der Waals surface area (Å²) in [5.41, 5.74) is 3.38. The third-order valence-electron chi connectivity index (χ3n) is 5.04. The number of nitrogens with zero attached hydrogens (tertiary/aromatic N) is 2. The van der Waals surface area contributed by atoms with Crippen molar-refractivity contribution in [2.24, 2.45) is 5.14 Å². The molecular formula is C24H22N4O4S. The highest BCUT2D eigenvalue weighted by molar-refractivity contribution is 7.89. The van der Waals surface area contributed by atoms with Gasteiger partial charge in [-0.3, -0.25) is 4.79 Å². The molecule has 0 fully saturated rings. The molecule has 33 heavy (non-hydrogen) atoms. The van der Waals surface area contributed by atoms with Gasteiger partial charge in [0.1, 0.15) is 5.75 Å². The molecule has 0 saturated carbocycles. The summed E-state index contributed by atoms with van der Waals surface area (Å²) in [5, 5.41) is 12.8. The molecule has 0 atom stereocenters. The number of carbonyl (C=O) groups is 1. The van der Waals surface area contributed by atoms with Crippen molar-refractivity contribution in [3.05, 3.63) is 96.2 Å². The monoisotopic (exact) mass is 462 g/mol. The highest BCUT2D eigenvalue weighted by atomic mass is 32.2. The van der Waals surface area contributed by atoms with E-state index in [0.29, 0.717) is 0 Å². The summed E-state index contributed by atoms with van der Waals surface area (Å²) >= 11 is 0. The van der Waals surface area contributed by atoms with Crippen LogP contribution in [0.2, 0.25) is 0 Å². The summed E-state index contributed by atoms with van der Waals surface area (Å²) in [5.74, 6) is -0.257. The van der Waals surface area contributed by atoms with E-state index in [4.69, 9.17) is 15.0 Å². The molecule has 4 rings (SSSR count). The minimum atomic E-state index is -3.97. The van der Waals surface area contributed by atoms with Gasteiger partial charge in [0, 0.05) is 23.9 Å². The molecule has 168 valence electrons. The summed E-state index contributed by atoms with van der Waals surface area (Å²) in [6.45, 7) is 0.165. The van der Waals surface area contributed by atoms with E-state index < -0.39 is 15.9 Å². The van der Waals surface area contributed by atoms with Crippen molar-refractivity contribution in [1.29, 1.82) is 0 Å². The number of para-hydroxylation sites is 1. The molecule has 0 aliphatic rings. The Bertz CT molecular complexity index is 1380. The maximum atomic E-state index is 12.9. The van der Waals surface area contributed by atoms with Gasteiger partial charge in [-0.2, -0.15) is 5.10 Å². The number of hydrogen-bond donors (Lipinski definition) is 2. The van der Waals surface area contributed by atoms with Crippen LogP contribution in [0.1, 0.15) is 15.9 Å². The Hall–Kier alpha value is -3.95. The first kappa shape index (κ1) is 22.3. The molecule has 1 heterocycles. The molecule has 3 N–H and O–H groups in total. The zero-order valence-electron chi connectivity index (χ0n) is 17.8. The van der Waals surface area contributed by atoms with Crippen LogP contribution in [-0.2, 0) is 16.6 Å². The Labute approximate surface area is 191 Å². The van der Waals surface area contributed by atoms with Gasteiger partial charge in [0.15, 0.2) is 0 Å². The smallest absolute Gasteiger partial charge is 0.255 e. The van der Waals surface area contributed by atoms with E-state index in [1.54, 1.807) is 4.68 Å². The average molecular weight is 463 g/mol. The van der Waals surface area contributed by atoms with Crippen molar-refractivity contribution in [2.75, 3.05) is 7.11 Å². The standard InChI is InChI=1S/C24H22N4O4S/c1-32-22-13-12-20(33(25,30)31)14-21(22)24(29)26-15-18-16-28(19-10-6-3-7-11-19)27-23(18)17-8-4-2-5-9-17/h2-14,16H,15H2,1H3,(H,26,29)(H2,25,30,31). The topological polar surface area (TPSA) is 116 Å². The van der Waals surface area contributed by atoms with Gasteiger partial charge >= 0.3 is 0 Å². The van der Waals surface area contributed by atoms with Gasteiger partial charge < -0.3 is 10.1 Å². The first-order valence-electron chi connectivity index (χ1n) is 10.1. The number of sulfonamides is 1. The van der Waals surface area contributed by atoms with E-state index in [-0.39, 0.29) is 22.8 Å². The third kappa shape index (κ3) is 4.94. The normalized spacial score (nSPS) is 11.2. The molecule has 0 saturated heterocycles. The lowest BCUT2D eigenvalue weighted by Gasteiger charge is -2.11. The number of amides is 1. The predicted octanol–water partition coefficient (Wildman–Crippen LogP) is 3.13. The molecule has 3 aromatic carbocycles. The minimum absolute atomic E-state index is 0.0701. The van der Waals surface area contributed by atoms with Crippen LogP contribution in [0.5, 0.6) is 5.75 Å². The van der Waals surface area contributed by atoms with Crippen molar-refractivity contribution in [1.82, 2.24) is 15.1 Å². The number of ether oxygens (including phenoxy) is 1. The number of rotatable bonds is 7. The van der Waals surface area contributed by atoms with Gasteiger partial charge in [0.25, 0.3) is 5.91 Å². The van der Waals surface area contributed by atoms with E-state index in [0.717, 1.165) is 22.5 Å². The number of hydrogen-bond acceptors (Lipinski definition) is 5. The Morgan fingerprint density at radius 1 is 1.03 bits per heavy atom. The summed E-state index contributed by atoms with van der Waals surface area (Å²) < 4.78 is 30.4. The van der Waals surface area contributed by atoms with Crippen LogP contribution in [0.4, 0.5) is 0 Å². The van der Waals surface area contributed by atoms with Crippen molar-refractivity contribution in [2.45, 2.75) is 11.4 Å². The first-order valence-corrected chi connectivity index (χ1v) is 11.6. The number of methoxy groups -OCH3 is 1. The maximum Gasteiger partial charge on any atom is 0.255 e. The van der Waals surface area contributed by atoms with Crippen LogP contribution in [-0.4, -0.2) is 31.2 Å². The van der Waals surface area contributed by atoms with E-state index in [9.17, 15) is 13.2 Å². The largest absolute Gasteiger partial charge is 0.496 e. The summed E-state index contributed by atoms with van der Waals surface area (Å²) in [7, 11) is -2.57. The lowest BCUT2D eigenvalue weighted by Crippen LogP contribution is -2.24. The van der Waals surface area contributed by atoms with Gasteiger partial charge in [-0.05, 0) is 30.3 Å². The average Bonchev–Trinajstić information content (AvgIpc) is 3.27. The summed E-state index contributed by atoms with van der Waals surface area (Å²) in [6, 6.07) is 23.2. The zero-order chi connectivity index (χ0) is 23.4. The van der Waals surface area contributed by atoms with Crippen LogP contribution in [0.25, 0.3) is 16.9 Å². The minimum Gasteiger partial charge on any atom is -0.496 e. The molecule has 8 nitrogen and oxygen atoms in total. The highest BCUT2D eigenvalue weighted by Crippen LogP contribution is 2.25. The first-order chi connectivity index (χ1) is 15.9. The Morgan fingerprint density at radius 2 is 1.70 bits per heavy atom. The number of nitrogens with two attached hydrogens (primary N) is 1. The fourth-order valence-electron chi connectivity index (χ4n) is 3.40. The fourth-order valence-corrected chi connectivity index (χ4v) is 3.94. The molecule has 0 bridgehead atoms. The van der Waals surface area contributed by atoms with Gasteiger partial charge in [-0.1, -0.05) is 48.5 Å². The number of benzene rings is 3. The second-order valence-corrected chi connectivity index (χ2v) is 8.80. The van der Waals surface area contributed by atoms with Crippen molar-refractivity contribution in [3.63, 3.8) is 0 Å². The molecule has 1 amide bonds. The molecule has 9 heteroatoms. The molecule has 0 aliphatic heterocycles.